The summed E-state index contributed by atoms with van der Waals surface area (Å²) in [5, 5.41) is 28.8. The van der Waals surface area contributed by atoms with Crippen molar-refractivity contribution in [3.63, 3.8) is 0 Å². The van der Waals surface area contributed by atoms with Gasteiger partial charge in [-0.2, -0.15) is 0 Å². The zero-order chi connectivity index (χ0) is 27.4. The molecule has 38 heavy (non-hydrogen) atoms. The van der Waals surface area contributed by atoms with E-state index in [9.17, 15) is 24.6 Å². The van der Waals surface area contributed by atoms with E-state index in [2.05, 4.69) is 16.9 Å². The van der Waals surface area contributed by atoms with Crippen LogP contribution in [0.4, 0.5) is 0 Å². The van der Waals surface area contributed by atoms with Crippen molar-refractivity contribution in [3.05, 3.63) is 36.9 Å². The lowest BCUT2D eigenvalue weighted by Crippen LogP contribution is -2.60. The smallest absolute Gasteiger partial charge is 0.308 e. The topological polar surface area (TPSA) is 129 Å². The van der Waals surface area contributed by atoms with Gasteiger partial charge in [0.25, 0.3) is 0 Å². The van der Waals surface area contributed by atoms with Crippen molar-refractivity contribution in [2.75, 3.05) is 13.2 Å². The Morgan fingerprint density at radius 1 is 1.37 bits per heavy atom. The molecule has 2 bridgehead atoms. The first-order chi connectivity index (χ1) is 18.2. The number of nitrogens with zero attached hydrogens (tertiary/aromatic N) is 5. The molecule has 4 heterocycles. The summed E-state index contributed by atoms with van der Waals surface area (Å²) < 4.78 is 0.764. The van der Waals surface area contributed by atoms with Gasteiger partial charge >= 0.3 is 5.97 Å². The van der Waals surface area contributed by atoms with Gasteiger partial charge in [-0.25, -0.2) is 4.68 Å². The summed E-state index contributed by atoms with van der Waals surface area (Å²) in [5.74, 6) is -3.41. The fourth-order valence-corrected chi connectivity index (χ4v) is 9.32. The molecule has 3 unspecified atom stereocenters. The van der Waals surface area contributed by atoms with Gasteiger partial charge in [0.2, 0.25) is 11.8 Å². The average Bonchev–Trinajstić information content (AvgIpc) is 3.62. The van der Waals surface area contributed by atoms with Gasteiger partial charge in [0.15, 0.2) is 0 Å². The van der Waals surface area contributed by atoms with Gasteiger partial charge in [0, 0.05) is 11.8 Å². The molecule has 1 aromatic heterocycles. The first-order valence-corrected chi connectivity index (χ1v) is 14.1. The number of aliphatic hydroxyl groups is 1. The van der Waals surface area contributed by atoms with Crippen molar-refractivity contribution < 1.29 is 24.6 Å². The number of carboxylic acid groups (broad SMARTS) is 1. The van der Waals surface area contributed by atoms with Crippen molar-refractivity contribution in [1.29, 1.82) is 0 Å². The highest BCUT2D eigenvalue weighted by Crippen LogP contribution is 2.69. The number of amides is 2. The second kappa shape index (κ2) is 10.00. The van der Waals surface area contributed by atoms with Crippen LogP contribution in [-0.4, -0.2) is 88.0 Å². The lowest BCUT2D eigenvalue weighted by atomic mass is 9.66. The molecule has 3 saturated heterocycles. The summed E-state index contributed by atoms with van der Waals surface area (Å²) >= 11 is 1.50. The summed E-state index contributed by atoms with van der Waals surface area (Å²) in [6.07, 6.45) is 2.96. The minimum atomic E-state index is -0.996. The zero-order valence-corrected chi connectivity index (χ0v) is 22.8. The van der Waals surface area contributed by atoms with Gasteiger partial charge in [-0.3, -0.25) is 14.4 Å². The Morgan fingerprint density at radius 3 is 2.76 bits per heavy atom. The maximum Gasteiger partial charge on any atom is 0.308 e. The number of carbonyl (C=O) groups is 3. The Morgan fingerprint density at radius 2 is 2.11 bits per heavy atom. The van der Waals surface area contributed by atoms with Crippen LogP contribution in [0.5, 0.6) is 0 Å². The zero-order valence-electron chi connectivity index (χ0n) is 21.9. The largest absolute Gasteiger partial charge is 0.481 e. The number of para-hydroxylation sites is 1. The van der Waals surface area contributed by atoms with Crippen molar-refractivity contribution >= 4 is 40.6 Å². The predicted molar refractivity (Wildman–Crippen MR) is 143 cm³/mol. The van der Waals surface area contributed by atoms with Gasteiger partial charge in [0.1, 0.15) is 18.2 Å². The van der Waals surface area contributed by atoms with Crippen LogP contribution >= 0.6 is 11.8 Å². The number of aromatic nitrogens is 3. The van der Waals surface area contributed by atoms with Crippen LogP contribution in [0.1, 0.15) is 33.6 Å². The van der Waals surface area contributed by atoms with Crippen LogP contribution in [0.2, 0.25) is 0 Å². The van der Waals surface area contributed by atoms with Gasteiger partial charge in [0.05, 0.1) is 34.7 Å². The molecule has 11 heteroatoms. The van der Waals surface area contributed by atoms with E-state index >= 15 is 0 Å². The highest BCUT2D eigenvalue weighted by Gasteiger charge is 2.77. The van der Waals surface area contributed by atoms with Gasteiger partial charge in [-0.1, -0.05) is 50.6 Å². The lowest BCUT2D eigenvalue weighted by Gasteiger charge is -2.42. The molecule has 2 aromatic rings. The number of aliphatic hydroxyl groups excluding tert-OH is 1. The Hall–Kier alpha value is -2.92. The van der Waals surface area contributed by atoms with Crippen molar-refractivity contribution in [3.8, 4) is 0 Å². The molecule has 2 amide bonds. The van der Waals surface area contributed by atoms with Crippen LogP contribution in [0.3, 0.4) is 0 Å². The number of carbonyl (C=O) groups excluding carboxylic acids is 2. The second-order valence-electron chi connectivity index (χ2n) is 10.8. The molecule has 1 aromatic carbocycles. The molecule has 0 aliphatic carbocycles. The van der Waals surface area contributed by atoms with E-state index in [1.807, 2.05) is 45.0 Å². The molecule has 0 saturated carbocycles. The number of fused-ring (bicyclic) bond motifs is 2. The van der Waals surface area contributed by atoms with Crippen molar-refractivity contribution in [1.82, 2.24) is 24.8 Å². The Balaban J connectivity index is 1.61. The fraction of sp³-hybridized carbons (Fsp3) is 0.593. The molecular formula is C27H35N5O5S. The van der Waals surface area contributed by atoms with Crippen LogP contribution in [-0.2, 0) is 21.1 Å². The third-order valence-corrected chi connectivity index (χ3v) is 11.0. The number of likely N-dealkylation sites (tertiary alicyclic amines) is 1. The van der Waals surface area contributed by atoms with Gasteiger partial charge < -0.3 is 20.0 Å². The second-order valence-corrected chi connectivity index (χ2v) is 12.4. The fourth-order valence-electron chi connectivity index (χ4n) is 6.92. The SMILES string of the molecule is C=CCN(Cn1nnc2ccccc21)C(=O)C1N([C@@H](CO)[C@@H](C)CC)C(=O)[C@@H]2[C@@H](C(=O)O)[C@H]3CC(C)C12S3. The molecule has 2 N–H and O–H groups in total. The van der Waals surface area contributed by atoms with Crippen LogP contribution in [0.25, 0.3) is 11.0 Å². The molecule has 1 spiro atoms. The molecular weight excluding hydrogens is 506 g/mol. The summed E-state index contributed by atoms with van der Waals surface area (Å²) in [5.41, 5.74) is 1.47. The Kier molecular flexibility index (Phi) is 7.02. The molecule has 204 valence electrons. The number of hydrogen-bond donors (Lipinski definition) is 2. The van der Waals surface area contributed by atoms with Crippen LogP contribution in [0, 0.1) is 23.7 Å². The van der Waals surface area contributed by atoms with Crippen LogP contribution < -0.4 is 0 Å². The Labute approximate surface area is 226 Å². The first kappa shape index (κ1) is 26.7. The van der Waals surface area contributed by atoms with Crippen LogP contribution in [0.15, 0.2) is 36.9 Å². The van der Waals surface area contributed by atoms with E-state index in [1.54, 1.807) is 20.6 Å². The summed E-state index contributed by atoms with van der Waals surface area (Å²) in [7, 11) is 0. The summed E-state index contributed by atoms with van der Waals surface area (Å²) in [6.45, 7) is 9.81. The quantitative estimate of drug-likeness (QED) is 0.438. The maximum absolute atomic E-state index is 14.6. The minimum absolute atomic E-state index is 0.0462. The minimum Gasteiger partial charge on any atom is -0.481 e. The first-order valence-electron chi connectivity index (χ1n) is 13.2. The third kappa shape index (κ3) is 3.77. The normalized spacial score (nSPS) is 31.4. The highest BCUT2D eigenvalue weighted by atomic mass is 32.2. The number of thioether (sulfide) groups is 1. The van der Waals surface area contributed by atoms with E-state index in [0.29, 0.717) is 18.4 Å². The van der Waals surface area contributed by atoms with E-state index in [1.165, 1.54) is 11.8 Å². The van der Waals surface area contributed by atoms with Gasteiger partial charge in [-0.15, -0.1) is 23.4 Å². The molecule has 3 aliphatic heterocycles. The number of aliphatic carboxylic acids is 1. The van der Waals surface area contributed by atoms with Gasteiger partial charge in [-0.05, 0) is 30.4 Å². The van der Waals surface area contributed by atoms with Crippen molar-refractivity contribution in [2.24, 2.45) is 23.7 Å². The number of benzene rings is 1. The predicted octanol–water partition coefficient (Wildman–Crippen LogP) is 2.23. The number of rotatable bonds is 10. The van der Waals surface area contributed by atoms with E-state index in [4.69, 9.17) is 0 Å². The van der Waals surface area contributed by atoms with E-state index < -0.39 is 34.6 Å². The number of carboxylic acids is 1. The molecule has 3 fully saturated rings. The lowest BCUT2D eigenvalue weighted by molar-refractivity contribution is -0.150. The molecule has 5 rings (SSSR count). The van der Waals surface area contributed by atoms with E-state index in [-0.39, 0.29) is 48.7 Å². The average molecular weight is 542 g/mol. The Bertz CT molecular complexity index is 1270. The molecule has 8 atom stereocenters. The summed E-state index contributed by atoms with van der Waals surface area (Å²) in [4.78, 5) is 44.3. The summed E-state index contributed by atoms with van der Waals surface area (Å²) in [6, 6.07) is 5.97. The molecule has 10 nitrogen and oxygen atoms in total. The monoisotopic (exact) mass is 541 g/mol. The molecule has 3 aliphatic rings. The van der Waals surface area contributed by atoms with E-state index in [0.717, 1.165) is 5.52 Å². The standard InChI is InChI=1S/C27H35N5O5S/c1-5-11-30(14-31-18-10-8-7-9-17(18)28-29-31)25(35)23-27-16(4)12-20(38-27)21(26(36)37)22(27)24(34)32(23)19(13-33)15(3)6-2/h5,7-10,15-16,19-23,33H,1,6,11-14H2,2-4H3,(H,36,37)/t15-,16?,19-,20+,21-,22-,23?,27?/m0/s1. The number of hydrogen-bond acceptors (Lipinski definition) is 7. The molecule has 0 radical (unpaired) electrons. The highest BCUT2D eigenvalue weighted by molar-refractivity contribution is 8.02. The maximum atomic E-state index is 14.6. The van der Waals surface area contributed by atoms with Crippen molar-refractivity contribution in [2.45, 2.75) is 62.4 Å². The third-order valence-electron chi connectivity index (χ3n) is 8.93.